The zero-order chi connectivity index (χ0) is 21.3. The van der Waals surface area contributed by atoms with Gasteiger partial charge in [-0.3, -0.25) is 0 Å². The molecular formula is C18H10Cl2F6O2. The van der Waals surface area contributed by atoms with Gasteiger partial charge in [-0.1, -0.05) is 41.4 Å². The van der Waals surface area contributed by atoms with Gasteiger partial charge in [-0.05, 0) is 41.5 Å². The molecule has 0 bridgehead atoms. The zero-order valence-electron chi connectivity index (χ0n) is 13.6. The number of carboxylic acid groups (broad SMARTS) is 1. The lowest BCUT2D eigenvalue weighted by molar-refractivity contribution is -0.139. The first-order chi connectivity index (χ1) is 12.8. The highest BCUT2D eigenvalue weighted by Gasteiger charge is 2.39. The van der Waals surface area contributed by atoms with Gasteiger partial charge in [0, 0.05) is 10.0 Å². The Labute approximate surface area is 165 Å². The van der Waals surface area contributed by atoms with Gasteiger partial charge in [0.15, 0.2) is 0 Å². The fourth-order valence-electron chi connectivity index (χ4n) is 2.46. The van der Waals surface area contributed by atoms with Crippen molar-refractivity contribution in [2.24, 2.45) is 0 Å². The first kappa shape index (κ1) is 22.1. The number of alkyl halides is 6. The molecule has 0 amide bonds. The fourth-order valence-corrected chi connectivity index (χ4v) is 3.00. The van der Waals surface area contributed by atoms with E-state index in [4.69, 9.17) is 28.3 Å². The van der Waals surface area contributed by atoms with Crippen molar-refractivity contribution in [3.8, 4) is 0 Å². The second-order valence-corrected chi connectivity index (χ2v) is 6.56. The lowest BCUT2D eigenvalue weighted by Crippen LogP contribution is -2.19. The minimum atomic E-state index is -4.98. The summed E-state index contributed by atoms with van der Waals surface area (Å²) in [5.41, 5.74) is -3.01. The van der Waals surface area contributed by atoms with E-state index in [1.807, 2.05) is 0 Å². The summed E-state index contributed by atoms with van der Waals surface area (Å²) >= 11 is 11.4. The summed E-state index contributed by atoms with van der Waals surface area (Å²) < 4.78 is 79.3. The predicted octanol–water partition coefficient (Wildman–Crippen LogP) is 7.07. The molecule has 0 aliphatic heterocycles. The van der Waals surface area contributed by atoms with Crippen LogP contribution in [0.2, 0.25) is 10.0 Å². The van der Waals surface area contributed by atoms with E-state index in [9.17, 15) is 31.1 Å². The molecule has 150 valence electrons. The lowest BCUT2D eigenvalue weighted by Gasteiger charge is -2.18. The number of benzene rings is 2. The second-order valence-electron chi connectivity index (χ2n) is 5.69. The van der Waals surface area contributed by atoms with Crippen molar-refractivity contribution in [3.05, 3.63) is 74.8 Å². The summed E-state index contributed by atoms with van der Waals surface area (Å²) in [6.07, 6.45) is -8.27. The number of hydrogen-bond donors (Lipinski definition) is 1. The molecule has 0 aliphatic carbocycles. The summed E-state index contributed by atoms with van der Waals surface area (Å²) in [7, 11) is 0. The standard InChI is InChI=1S/C18H10Cl2F6O2/c19-11-6-10(7-12(20)8-11)14(17(21,22)23)4-2-9-1-3-13(16(27)28)15(5-9)18(24,25)26/h1-8,14H,(H,27,28)/b4-2+. The Morgan fingerprint density at radius 2 is 1.54 bits per heavy atom. The molecule has 0 heterocycles. The molecule has 1 N–H and O–H groups in total. The molecule has 0 radical (unpaired) electrons. The smallest absolute Gasteiger partial charge is 0.417 e. The molecule has 2 aromatic carbocycles. The topological polar surface area (TPSA) is 37.3 Å². The molecular weight excluding hydrogens is 433 g/mol. The Bertz CT molecular complexity index is 899. The van der Waals surface area contributed by atoms with Gasteiger partial charge in [0.05, 0.1) is 17.0 Å². The third-order valence-electron chi connectivity index (χ3n) is 3.66. The maximum absolute atomic E-state index is 13.4. The number of aromatic carboxylic acids is 1. The quantitative estimate of drug-likeness (QED) is 0.514. The Hall–Kier alpha value is -2.19. The van der Waals surface area contributed by atoms with Crippen LogP contribution in [0, 0.1) is 0 Å². The van der Waals surface area contributed by atoms with Gasteiger partial charge in [0.2, 0.25) is 0 Å². The van der Waals surface area contributed by atoms with Crippen molar-refractivity contribution >= 4 is 35.2 Å². The largest absolute Gasteiger partial charge is 0.478 e. The number of hydrogen-bond acceptors (Lipinski definition) is 1. The van der Waals surface area contributed by atoms with Gasteiger partial charge >= 0.3 is 18.3 Å². The fraction of sp³-hybridized carbons (Fsp3) is 0.167. The molecule has 10 heteroatoms. The number of allylic oxidation sites excluding steroid dienone is 1. The van der Waals surface area contributed by atoms with Gasteiger partial charge in [-0.2, -0.15) is 26.3 Å². The molecule has 0 saturated heterocycles. The van der Waals surface area contributed by atoms with E-state index < -0.39 is 35.4 Å². The molecule has 2 aromatic rings. The molecule has 2 nitrogen and oxygen atoms in total. The van der Waals surface area contributed by atoms with Crippen LogP contribution in [0.4, 0.5) is 26.3 Å². The van der Waals surface area contributed by atoms with Gasteiger partial charge in [0.1, 0.15) is 0 Å². The van der Waals surface area contributed by atoms with E-state index in [1.165, 1.54) is 6.07 Å². The van der Waals surface area contributed by atoms with E-state index in [2.05, 4.69) is 0 Å². The van der Waals surface area contributed by atoms with E-state index in [-0.39, 0.29) is 21.2 Å². The van der Waals surface area contributed by atoms with Crippen LogP contribution in [0.3, 0.4) is 0 Å². The average molecular weight is 443 g/mol. The molecule has 1 unspecified atom stereocenters. The van der Waals surface area contributed by atoms with Gasteiger partial charge < -0.3 is 5.11 Å². The summed E-state index contributed by atoms with van der Waals surface area (Å²) in [6.45, 7) is 0. The molecule has 0 saturated carbocycles. The molecule has 0 fully saturated rings. The van der Waals surface area contributed by atoms with Crippen LogP contribution in [-0.4, -0.2) is 17.3 Å². The van der Waals surface area contributed by atoms with Crippen molar-refractivity contribution in [2.45, 2.75) is 18.3 Å². The average Bonchev–Trinajstić information content (AvgIpc) is 2.51. The third-order valence-corrected chi connectivity index (χ3v) is 4.09. The van der Waals surface area contributed by atoms with Crippen LogP contribution < -0.4 is 0 Å². The van der Waals surface area contributed by atoms with Crippen LogP contribution in [0.25, 0.3) is 6.08 Å². The molecule has 0 spiro atoms. The summed E-state index contributed by atoms with van der Waals surface area (Å²) in [6, 6.07) is 5.47. The van der Waals surface area contributed by atoms with E-state index in [1.54, 1.807) is 0 Å². The molecule has 1 atom stereocenters. The summed E-state index contributed by atoms with van der Waals surface area (Å²) in [4.78, 5) is 10.9. The Kier molecular flexibility index (Phi) is 6.35. The third kappa shape index (κ3) is 5.42. The number of carboxylic acids is 1. The van der Waals surface area contributed by atoms with Crippen molar-refractivity contribution in [3.63, 3.8) is 0 Å². The van der Waals surface area contributed by atoms with Gasteiger partial charge in [-0.15, -0.1) is 0 Å². The maximum Gasteiger partial charge on any atom is 0.417 e. The molecule has 28 heavy (non-hydrogen) atoms. The first-order valence-electron chi connectivity index (χ1n) is 7.44. The minimum Gasteiger partial charge on any atom is -0.478 e. The summed E-state index contributed by atoms with van der Waals surface area (Å²) in [5, 5.41) is 8.79. The highest BCUT2D eigenvalue weighted by molar-refractivity contribution is 6.34. The predicted molar refractivity (Wildman–Crippen MR) is 92.7 cm³/mol. The number of halogens is 8. The van der Waals surface area contributed by atoms with E-state index in [0.29, 0.717) is 18.2 Å². The van der Waals surface area contributed by atoms with Crippen molar-refractivity contribution in [1.29, 1.82) is 0 Å². The Morgan fingerprint density at radius 3 is 2.00 bits per heavy atom. The molecule has 0 aromatic heterocycles. The molecule has 0 aliphatic rings. The minimum absolute atomic E-state index is 0.0321. The molecule has 2 rings (SSSR count). The van der Waals surface area contributed by atoms with Crippen LogP contribution in [-0.2, 0) is 6.18 Å². The number of carbonyl (C=O) groups is 1. The van der Waals surface area contributed by atoms with Crippen LogP contribution in [0.5, 0.6) is 0 Å². The highest BCUT2D eigenvalue weighted by atomic mass is 35.5. The highest BCUT2D eigenvalue weighted by Crippen LogP contribution is 2.39. The van der Waals surface area contributed by atoms with Crippen LogP contribution >= 0.6 is 23.2 Å². The lowest BCUT2D eigenvalue weighted by atomic mass is 9.96. The van der Waals surface area contributed by atoms with Crippen molar-refractivity contribution in [1.82, 2.24) is 0 Å². The van der Waals surface area contributed by atoms with Crippen molar-refractivity contribution in [2.75, 3.05) is 0 Å². The normalized spacial score (nSPS) is 13.7. The SMILES string of the molecule is O=C(O)c1ccc(/C=C/C(c2cc(Cl)cc(Cl)c2)C(F)(F)F)cc1C(F)(F)F. The van der Waals surface area contributed by atoms with E-state index in [0.717, 1.165) is 24.3 Å². The van der Waals surface area contributed by atoms with Crippen LogP contribution in [0.1, 0.15) is 33.0 Å². The monoisotopic (exact) mass is 442 g/mol. The van der Waals surface area contributed by atoms with Crippen molar-refractivity contribution < 1.29 is 36.2 Å². The van der Waals surface area contributed by atoms with Gasteiger partial charge in [0.25, 0.3) is 0 Å². The first-order valence-corrected chi connectivity index (χ1v) is 8.20. The Balaban J connectivity index is 2.49. The second kappa shape index (κ2) is 8.05. The maximum atomic E-state index is 13.4. The zero-order valence-corrected chi connectivity index (χ0v) is 15.1. The Morgan fingerprint density at radius 1 is 0.964 bits per heavy atom. The van der Waals surface area contributed by atoms with Gasteiger partial charge in [-0.25, -0.2) is 4.79 Å². The van der Waals surface area contributed by atoms with Crippen LogP contribution in [0.15, 0.2) is 42.5 Å². The summed E-state index contributed by atoms with van der Waals surface area (Å²) in [5.74, 6) is -3.98. The number of rotatable bonds is 4. The van der Waals surface area contributed by atoms with E-state index >= 15 is 0 Å².